The van der Waals surface area contributed by atoms with Crippen molar-refractivity contribution in [1.29, 1.82) is 0 Å². The molecular weight excluding hydrogens is 260 g/mol. The second-order valence-electron chi connectivity index (χ2n) is 3.75. The molecule has 1 atom stereocenters. The van der Waals surface area contributed by atoms with Crippen LogP contribution in [0.5, 0.6) is 0 Å². The van der Waals surface area contributed by atoms with Crippen molar-refractivity contribution in [1.82, 2.24) is 4.90 Å². The fraction of sp³-hybridized carbons (Fsp3) is 0.500. The van der Waals surface area contributed by atoms with Crippen LogP contribution in [-0.2, 0) is 0 Å². The number of rotatable bonds is 1. The van der Waals surface area contributed by atoms with Gasteiger partial charge in [-0.25, -0.2) is 0 Å². The lowest BCUT2D eigenvalue weighted by molar-refractivity contribution is 0.0675. The van der Waals surface area contributed by atoms with Gasteiger partial charge < -0.3 is 15.1 Å². The first-order valence-electron chi connectivity index (χ1n) is 4.96. The van der Waals surface area contributed by atoms with Gasteiger partial charge in [-0.3, -0.25) is 4.79 Å². The van der Waals surface area contributed by atoms with Crippen LogP contribution < -0.4 is 5.73 Å². The van der Waals surface area contributed by atoms with Crippen LogP contribution in [0.15, 0.2) is 21.2 Å². The minimum atomic E-state index is -0.0815. The van der Waals surface area contributed by atoms with E-state index in [9.17, 15) is 4.79 Å². The third-order valence-corrected chi connectivity index (χ3v) is 3.18. The summed E-state index contributed by atoms with van der Waals surface area (Å²) in [7, 11) is 0. The van der Waals surface area contributed by atoms with E-state index in [-0.39, 0.29) is 11.9 Å². The number of piperidine rings is 1. The summed E-state index contributed by atoms with van der Waals surface area (Å²) in [6, 6.07) is 1.81. The number of amides is 1. The molecule has 1 amide bonds. The predicted molar refractivity (Wildman–Crippen MR) is 59.5 cm³/mol. The Morgan fingerprint density at radius 2 is 2.47 bits per heavy atom. The summed E-state index contributed by atoms with van der Waals surface area (Å²) >= 11 is 3.28. The molecule has 0 aliphatic carbocycles. The summed E-state index contributed by atoms with van der Waals surface area (Å²) < 4.78 is 5.84. The maximum absolute atomic E-state index is 12.0. The minimum Gasteiger partial charge on any atom is -0.458 e. The van der Waals surface area contributed by atoms with Gasteiger partial charge in [-0.1, -0.05) is 0 Å². The van der Waals surface area contributed by atoms with Crippen molar-refractivity contribution < 1.29 is 9.21 Å². The average molecular weight is 273 g/mol. The van der Waals surface area contributed by atoms with Gasteiger partial charge in [-0.05, 0) is 34.8 Å². The fourth-order valence-corrected chi connectivity index (χ4v) is 2.16. The molecule has 0 aromatic carbocycles. The highest BCUT2D eigenvalue weighted by Crippen LogP contribution is 2.21. The van der Waals surface area contributed by atoms with Crippen LogP contribution in [-0.4, -0.2) is 29.9 Å². The monoisotopic (exact) mass is 272 g/mol. The fourth-order valence-electron chi connectivity index (χ4n) is 1.78. The molecule has 4 nitrogen and oxygen atoms in total. The summed E-state index contributed by atoms with van der Waals surface area (Å²) in [5.41, 5.74) is 5.82. The van der Waals surface area contributed by atoms with E-state index >= 15 is 0 Å². The van der Waals surface area contributed by atoms with Gasteiger partial charge in [0.15, 0.2) is 0 Å². The maximum Gasteiger partial charge on any atom is 0.290 e. The molecule has 1 aliphatic rings. The van der Waals surface area contributed by atoms with E-state index in [1.807, 2.05) is 0 Å². The van der Waals surface area contributed by atoms with Crippen molar-refractivity contribution in [3.63, 3.8) is 0 Å². The third kappa shape index (κ3) is 2.23. The Morgan fingerprint density at radius 3 is 3.07 bits per heavy atom. The minimum absolute atomic E-state index is 0.0815. The topological polar surface area (TPSA) is 59.5 Å². The van der Waals surface area contributed by atoms with Gasteiger partial charge in [0.25, 0.3) is 5.91 Å². The standard InChI is InChI=1S/C10H13BrN2O2/c11-8-3-5-15-9(8)10(14)13-4-1-2-7(12)6-13/h3,5,7H,1-2,4,6,12H2. The summed E-state index contributed by atoms with van der Waals surface area (Å²) in [5, 5.41) is 0. The van der Waals surface area contributed by atoms with Crippen molar-refractivity contribution in [3.05, 3.63) is 22.6 Å². The van der Waals surface area contributed by atoms with Crippen molar-refractivity contribution in [2.24, 2.45) is 5.73 Å². The molecule has 1 aliphatic heterocycles. The van der Waals surface area contributed by atoms with Gasteiger partial charge in [0.05, 0.1) is 10.7 Å². The van der Waals surface area contributed by atoms with Crippen LogP contribution in [0.3, 0.4) is 0 Å². The first-order chi connectivity index (χ1) is 7.18. The summed E-state index contributed by atoms with van der Waals surface area (Å²) in [4.78, 5) is 13.7. The van der Waals surface area contributed by atoms with Crippen molar-refractivity contribution in [3.8, 4) is 0 Å². The van der Waals surface area contributed by atoms with E-state index in [1.54, 1.807) is 11.0 Å². The zero-order chi connectivity index (χ0) is 10.8. The van der Waals surface area contributed by atoms with E-state index in [4.69, 9.17) is 10.2 Å². The van der Waals surface area contributed by atoms with Gasteiger partial charge in [-0.15, -0.1) is 0 Å². The van der Waals surface area contributed by atoms with Crippen molar-refractivity contribution in [2.75, 3.05) is 13.1 Å². The molecule has 1 saturated heterocycles. The highest BCUT2D eigenvalue weighted by Gasteiger charge is 2.25. The molecule has 15 heavy (non-hydrogen) atoms. The molecule has 5 heteroatoms. The number of carbonyl (C=O) groups excluding carboxylic acids is 1. The van der Waals surface area contributed by atoms with E-state index in [0.717, 1.165) is 19.4 Å². The van der Waals surface area contributed by atoms with Crippen LogP contribution in [0, 0.1) is 0 Å². The lowest BCUT2D eigenvalue weighted by Crippen LogP contribution is -2.45. The second-order valence-corrected chi connectivity index (χ2v) is 4.61. The molecule has 1 aromatic heterocycles. The molecule has 0 radical (unpaired) electrons. The number of carbonyl (C=O) groups is 1. The molecule has 0 bridgehead atoms. The first-order valence-corrected chi connectivity index (χ1v) is 5.75. The Labute approximate surface area is 96.5 Å². The van der Waals surface area contributed by atoms with Crippen LogP contribution in [0.1, 0.15) is 23.4 Å². The molecule has 0 spiro atoms. The molecule has 2 heterocycles. The number of hydrogen-bond acceptors (Lipinski definition) is 3. The largest absolute Gasteiger partial charge is 0.458 e. The molecule has 2 rings (SSSR count). The van der Waals surface area contributed by atoms with Crippen LogP contribution in [0.25, 0.3) is 0 Å². The Kier molecular flexibility index (Phi) is 3.11. The Bertz CT molecular complexity index is 364. The van der Waals surface area contributed by atoms with E-state index < -0.39 is 0 Å². The number of nitrogens with zero attached hydrogens (tertiary/aromatic N) is 1. The van der Waals surface area contributed by atoms with Gasteiger partial charge in [-0.2, -0.15) is 0 Å². The van der Waals surface area contributed by atoms with Gasteiger partial charge in [0, 0.05) is 19.1 Å². The Balaban J connectivity index is 2.11. The van der Waals surface area contributed by atoms with Crippen LogP contribution in [0.2, 0.25) is 0 Å². The number of hydrogen-bond donors (Lipinski definition) is 1. The predicted octanol–water partition coefficient (Wildman–Crippen LogP) is 1.61. The van der Waals surface area contributed by atoms with E-state index in [2.05, 4.69) is 15.9 Å². The van der Waals surface area contributed by atoms with Crippen molar-refractivity contribution in [2.45, 2.75) is 18.9 Å². The van der Waals surface area contributed by atoms with Crippen molar-refractivity contribution >= 4 is 21.8 Å². The number of furan rings is 1. The third-order valence-electron chi connectivity index (χ3n) is 2.56. The maximum atomic E-state index is 12.0. The van der Waals surface area contributed by atoms with Gasteiger partial charge in [0.1, 0.15) is 0 Å². The molecule has 2 N–H and O–H groups in total. The number of halogens is 1. The zero-order valence-corrected chi connectivity index (χ0v) is 9.87. The highest BCUT2D eigenvalue weighted by atomic mass is 79.9. The first kappa shape index (κ1) is 10.7. The number of likely N-dealkylation sites (tertiary alicyclic amines) is 1. The van der Waals surface area contributed by atoms with Crippen LogP contribution in [0.4, 0.5) is 0 Å². The zero-order valence-electron chi connectivity index (χ0n) is 8.28. The molecule has 1 aromatic rings. The Morgan fingerprint density at radius 1 is 1.67 bits per heavy atom. The van der Waals surface area contributed by atoms with E-state index in [1.165, 1.54) is 6.26 Å². The molecule has 82 valence electrons. The summed E-state index contributed by atoms with van der Waals surface area (Å²) in [6.45, 7) is 1.38. The SMILES string of the molecule is NC1CCCN(C(=O)c2occc2Br)C1. The van der Waals surface area contributed by atoms with E-state index in [0.29, 0.717) is 16.8 Å². The second kappa shape index (κ2) is 4.37. The lowest BCUT2D eigenvalue weighted by Gasteiger charge is -2.30. The Hall–Kier alpha value is -0.810. The number of nitrogens with two attached hydrogens (primary N) is 1. The summed E-state index contributed by atoms with van der Waals surface area (Å²) in [5.74, 6) is 0.283. The highest BCUT2D eigenvalue weighted by molar-refractivity contribution is 9.10. The normalized spacial score (nSPS) is 21.7. The average Bonchev–Trinajstić information content (AvgIpc) is 2.63. The van der Waals surface area contributed by atoms with Gasteiger partial charge in [0.2, 0.25) is 5.76 Å². The smallest absolute Gasteiger partial charge is 0.290 e. The van der Waals surface area contributed by atoms with Crippen LogP contribution >= 0.6 is 15.9 Å². The quantitative estimate of drug-likeness (QED) is 0.845. The summed E-state index contributed by atoms with van der Waals surface area (Å²) in [6.07, 6.45) is 3.45. The molecular formula is C10H13BrN2O2. The van der Waals surface area contributed by atoms with Gasteiger partial charge >= 0.3 is 0 Å². The lowest BCUT2D eigenvalue weighted by atomic mass is 10.1. The molecule has 0 saturated carbocycles. The molecule has 1 fully saturated rings. The molecule has 1 unspecified atom stereocenters.